The lowest BCUT2D eigenvalue weighted by Gasteiger charge is -2.44. The zero-order chi connectivity index (χ0) is 11.9. The quantitative estimate of drug-likeness (QED) is 0.699. The van der Waals surface area contributed by atoms with Crippen molar-refractivity contribution in [2.24, 2.45) is 17.3 Å². The Morgan fingerprint density at radius 1 is 1.50 bits per heavy atom. The SMILES string of the molecule is CC(=O)N1CC(C#N)C2(CC(C(=O)O)C2)C1. The van der Waals surface area contributed by atoms with Crippen molar-refractivity contribution >= 4 is 11.9 Å². The number of carbonyl (C=O) groups excluding carboxylic acids is 1. The summed E-state index contributed by atoms with van der Waals surface area (Å²) in [5.41, 5.74) is -0.247. The summed E-state index contributed by atoms with van der Waals surface area (Å²) in [4.78, 5) is 23.7. The van der Waals surface area contributed by atoms with Gasteiger partial charge >= 0.3 is 5.97 Å². The molecule has 86 valence electrons. The van der Waals surface area contributed by atoms with Gasteiger partial charge in [-0.3, -0.25) is 9.59 Å². The molecule has 1 amide bonds. The normalized spacial score (nSPS) is 36.9. The molecular weight excluding hydrogens is 208 g/mol. The van der Waals surface area contributed by atoms with Crippen molar-refractivity contribution in [2.45, 2.75) is 19.8 Å². The van der Waals surface area contributed by atoms with E-state index in [9.17, 15) is 9.59 Å². The second kappa shape index (κ2) is 3.48. The molecular formula is C11H14N2O3. The van der Waals surface area contributed by atoms with Crippen LogP contribution in [-0.4, -0.2) is 35.0 Å². The van der Waals surface area contributed by atoms with E-state index in [1.807, 2.05) is 0 Å². The van der Waals surface area contributed by atoms with E-state index in [2.05, 4.69) is 6.07 Å². The highest BCUT2D eigenvalue weighted by Gasteiger charge is 2.57. The number of hydrogen-bond donors (Lipinski definition) is 1. The molecule has 5 heteroatoms. The van der Waals surface area contributed by atoms with Gasteiger partial charge in [-0.05, 0) is 12.8 Å². The van der Waals surface area contributed by atoms with Crippen LogP contribution in [0, 0.1) is 28.6 Å². The Labute approximate surface area is 93.6 Å². The molecule has 2 rings (SSSR count). The van der Waals surface area contributed by atoms with Crippen LogP contribution in [0.15, 0.2) is 0 Å². The first-order chi connectivity index (χ1) is 7.48. The second-order valence-corrected chi connectivity index (χ2v) is 4.89. The first-order valence-corrected chi connectivity index (χ1v) is 5.36. The number of carboxylic acids is 1. The van der Waals surface area contributed by atoms with E-state index in [4.69, 9.17) is 10.4 Å². The summed E-state index contributed by atoms with van der Waals surface area (Å²) in [5, 5.41) is 17.9. The third-order valence-electron chi connectivity index (χ3n) is 3.90. The highest BCUT2D eigenvalue weighted by molar-refractivity contribution is 5.75. The fourth-order valence-electron chi connectivity index (χ4n) is 2.90. The van der Waals surface area contributed by atoms with Gasteiger partial charge in [-0.2, -0.15) is 5.26 Å². The zero-order valence-corrected chi connectivity index (χ0v) is 9.14. The summed E-state index contributed by atoms with van der Waals surface area (Å²) in [6.07, 6.45) is 1.06. The Balaban J connectivity index is 2.09. The standard InChI is InChI=1S/C11H14N2O3/c1-7(14)13-5-9(4-12)11(6-13)2-8(3-11)10(15)16/h8-9H,2-3,5-6H2,1H3,(H,15,16). The summed E-state index contributed by atoms with van der Waals surface area (Å²) < 4.78 is 0. The van der Waals surface area contributed by atoms with Gasteiger partial charge < -0.3 is 10.0 Å². The lowest BCUT2D eigenvalue weighted by molar-refractivity contribution is -0.150. The van der Waals surface area contributed by atoms with Gasteiger partial charge in [0, 0.05) is 25.4 Å². The molecule has 2 aliphatic rings. The maximum absolute atomic E-state index is 11.3. The first-order valence-electron chi connectivity index (χ1n) is 5.36. The predicted octanol–water partition coefficient (Wildman–Crippen LogP) is 0.469. The van der Waals surface area contributed by atoms with E-state index >= 15 is 0 Å². The predicted molar refractivity (Wildman–Crippen MR) is 54.1 cm³/mol. The molecule has 0 aromatic rings. The van der Waals surface area contributed by atoms with Crippen LogP contribution in [0.3, 0.4) is 0 Å². The van der Waals surface area contributed by atoms with Crippen LogP contribution in [-0.2, 0) is 9.59 Å². The summed E-state index contributed by atoms with van der Waals surface area (Å²) >= 11 is 0. The average Bonchev–Trinajstić information content (AvgIpc) is 2.53. The number of hydrogen-bond acceptors (Lipinski definition) is 3. The number of rotatable bonds is 1. The summed E-state index contributed by atoms with van der Waals surface area (Å²) in [5.74, 6) is -1.35. The molecule has 1 saturated carbocycles. The largest absolute Gasteiger partial charge is 0.481 e. The Morgan fingerprint density at radius 2 is 2.12 bits per heavy atom. The number of nitrogens with zero attached hydrogens (tertiary/aromatic N) is 2. The van der Waals surface area contributed by atoms with Crippen LogP contribution in [0.4, 0.5) is 0 Å². The van der Waals surface area contributed by atoms with E-state index in [1.165, 1.54) is 6.92 Å². The molecule has 16 heavy (non-hydrogen) atoms. The molecule has 1 unspecified atom stereocenters. The van der Waals surface area contributed by atoms with Crippen molar-refractivity contribution < 1.29 is 14.7 Å². The number of carbonyl (C=O) groups is 2. The van der Waals surface area contributed by atoms with Crippen LogP contribution in [0.25, 0.3) is 0 Å². The molecule has 1 N–H and O–H groups in total. The number of amides is 1. The third-order valence-corrected chi connectivity index (χ3v) is 3.90. The molecule has 0 radical (unpaired) electrons. The van der Waals surface area contributed by atoms with Gasteiger partial charge in [0.2, 0.25) is 5.91 Å². The van der Waals surface area contributed by atoms with Gasteiger partial charge in [0.15, 0.2) is 0 Å². The van der Waals surface area contributed by atoms with E-state index in [0.29, 0.717) is 25.9 Å². The van der Waals surface area contributed by atoms with Gasteiger partial charge in [-0.15, -0.1) is 0 Å². The zero-order valence-electron chi connectivity index (χ0n) is 9.14. The van der Waals surface area contributed by atoms with Crippen molar-refractivity contribution in [3.05, 3.63) is 0 Å². The van der Waals surface area contributed by atoms with Crippen molar-refractivity contribution in [3.63, 3.8) is 0 Å². The van der Waals surface area contributed by atoms with E-state index in [1.54, 1.807) is 4.90 Å². The van der Waals surface area contributed by atoms with Crippen LogP contribution >= 0.6 is 0 Å². The fraction of sp³-hybridized carbons (Fsp3) is 0.727. The van der Waals surface area contributed by atoms with Crippen molar-refractivity contribution in [3.8, 4) is 6.07 Å². The lowest BCUT2D eigenvalue weighted by Crippen LogP contribution is -2.46. The second-order valence-electron chi connectivity index (χ2n) is 4.89. The van der Waals surface area contributed by atoms with Crippen molar-refractivity contribution in [2.75, 3.05) is 13.1 Å². The number of carboxylic acid groups (broad SMARTS) is 1. The molecule has 5 nitrogen and oxygen atoms in total. The smallest absolute Gasteiger partial charge is 0.306 e. The molecule has 0 aromatic carbocycles. The molecule has 1 heterocycles. The van der Waals surface area contributed by atoms with Gasteiger partial charge in [0.1, 0.15) is 0 Å². The Hall–Kier alpha value is -1.57. The molecule has 1 saturated heterocycles. The van der Waals surface area contributed by atoms with Gasteiger partial charge in [-0.1, -0.05) is 0 Å². The maximum Gasteiger partial charge on any atom is 0.306 e. The minimum absolute atomic E-state index is 0.0316. The molecule has 0 aromatic heterocycles. The van der Waals surface area contributed by atoms with Crippen molar-refractivity contribution in [1.82, 2.24) is 4.90 Å². The molecule has 1 atom stereocenters. The minimum atomic E-state index is -0.788. The monoisotopic (exact) mass is 222 g/mol. The molecule has 0 bridgehead atoms. The molecule has 1 aliphatic heterocycles. The van der Waals surface area contributed by atoms with Crippen molar-refractivity contribution in [1.29, 1.82) is 5.26 Å². The highest BCUT2D eigenvalue weighted by Crippen LogP contribution is 2.54. The van der Waals surface area contributed by atoms with E-state index < -0.39 is 5.97 Å². The van der Waals surface area contributed by atoms with Gasteiger partial charge in [-0.25, -0.2) is 0 Å². The van der Waals surface area contributed by atoms with Gasteiger partial charge in [0.25, 0.3) is 0 Å². The minimum Gasteiger partial charge on any atom is -0.481 e. The van der Waals surface area contributed by atoms with Crippen LogP contribution in [0.1, 0.15) is 19.8 Å². The maximum atomic E-state index is 11.3. The first kappa shape index (κ1) is 10.9. The number of nitriles is 1. The van der Waals surface area contributed by atoms with E-state index in [0.717, 1.165) is 0 Å². The summed E-state index contributed by atoms with van der Waals surface area (Å²) in [6.45, 7) is 2.49. The summed E-state index contributed by atoms with van der Waals surface area (Å²) in [6, 6.07) is 2.21. The Bertz CT molecular complexity index is 379. The fourth-order valence-corrected chi connectivity index (χ4v) is 2.90. The highest BCUT2D eigenvalue weighted by atomic mass is 16.4. The Kier molecular flexibility index (Phi) is 2.38. The van der Waals surface area contributed by atoms with Crippen LogP contribution < -0.4 is 0 Å². The van der Waals surface area contributed by atoms with Crippen LogP contribution in [0.5, 0.6) is 0 Å². The lowest BCUT2D eigenvalue weighted by atomic mass is 9.57. The average molecular weight is 222 g/mol. The third kappa shape index (κ3) is 1.45. The van der Waals surface area contributed by atoms with Gasteiger partial charge in [0.05, 0.1) is 17.9 Å². The Morgan fingerprint density at radius 3 is 2.56 bits per heavy atom. The number of aliphatic carboxylic acids is 1. The number of likely N-dealkylation sites (tertiary alicyclic amines) is 1. The molecule has 1 aliphatic carbocycles. The summed E-state index contributed by atoms with van der Waals surface area (Å²) in [7, 11) is 0. The molecule has 2 fully saturated rings. The molecule has 1 spiro atoms. The van der Waals surface area contributed by atoms with Crippen LogP contribution in [0.2, 0.25) is 0 Å². The topological polar surface area (TPSA) is 81.4 Å². The van der Waals surface area contributed by atoms with E-state index in [-0.39, 0.29) is 23.2 Å².